The Morgan fingerprint density at radius 1 is 1.33 bits per heavy atom. The van der Waals surface area contributed by atoms with Crippen LogP contribution in [-0.2, 0) is 20.3 Å². The first kappa shape index (κ1) is 14.7. The lowest BCUT2D eigenvalue weighted by atomic mass is 10.1. The number of carbonyl (C=O) groups is 1. The normalized spacial score (nSPS) is 11.4. The van der Waals surface area contributed by atoms with Crippen LogP contribution in [0.15, 0.2) is 24.3 Å². The third-order valence-corrected chi connectivity index (χ3v) is 3.91. The number of rotatable bonds is 7. The molecule has 0 radical (unpaired) electrons. The van der Waals surface area contributed by atoms with E-state index in [4.69, 9.17) is 9.84 Å². The Bertz CT molecular complexity index is 507. The van der Waals surface area contributed by atoms with Gasteiger partial charge < -0.3 is 9.84 Å². The van der Waals surface area contributed by atoms with E-state index >= 15 is 0 Å². The van der Waals surface area contributed by atoms with E-state index < -0.39 is 15.8 Å². The first-order valence-electron chi connectivity index (χ1n) is 5.55. The zero-order valence-corrected chi connectivity index (χ0v) is 10.9. The molecule has 0 saturated carbocycles. The van der Waals surface area contributed by atoms with E-state index in [1.807, 2.05) is 0 Å². The topological polar surface area (TPSA) is 80.7 Å². The minimum atomic E-state index is -3.35. The Labute approximate surface area is 106 Å². The fraction of sp³-hybridized carbons (Fsp3) is 0.417. The van der Waals surface area contributed by atoms with Gasteiger partial charge in [0, 0.05) is 6.61 Å². The summed E-state index contributed by atoms with van der Waals surface area (Å²) in [6, 6.07) is 6.11. The Hall–Kier alpha value is -1.40. The average molecular weight is 272 g/mol. The molecule has 0 fully saturated rings. The van der Waals surface area contributed by atoms with Crippen LogP contribution in [0.4, 0.5) is 0 Å². The number of aromatic carboxylic acids is 1. The second-order valence-corrected chi connectivity index (χ2v) is 5.94. The van der Waals surface area contributed by atoms with Crippen molar-refractivity contribution in [2.45, 2.75) is 12.7 Å². The van der Waals surface area contributed by atoms with Gasteiger partial charge in [-0.3, -0.25) is 0 Å². The van der Waals surface area contributed by atoms with Crippen molar-refractivity contribution in [3.63, 3.8) is 0 Å². The van der Waals surface area contributed by atoms with Crippen molar-refractivity contribution in [2.75, 3.05) is 19.0 Å². The summed E-state index contributed by atoms with van der Waals surface area (Å²) in [5.74, 6) is -1.50. The molecule has 1 N–H and O–H groups in total. The molecule has 0 aliphatic rings. The van der Waals surface area contributed by atoms with E-state index in [0.29, 0.717) is 12.2 Å². The van der Waals surface area contributed by atoms with Gasteiger partial charge in [0.05, 0.1) is 23.7 Å². The molecule has 0 unspecified atom stereocenters. The maximum Gasteiger partial charge on any atom is 0.335 e. The molecule has 0 spiro atoms. The number of sulfone groups is 1. The van der Waals surface area contributed by atoms with Gasteiger partial charge in [-0.05, 0) is 18.6 Å². The number of carboxylic acid groups (broad SMARTS) is 1. The van der Waals surface area contributed by atoms with Crippen molar-refractivity contribution in [1.82, 2.24) is 0 Å². The first-order valence-corrected chi connectivity index (χ1v) is 7.38. The highest BCUT2D eigenvalue weighted by atomic mass is 32.2. The van der Waals surface area contributed by atoms with Crippen LogP contribution in [0.25, 0.3) is 0 Å². The maximum atomic E-state index is 11.8. The lowest BCUT2D eigenvalue weighted by Gasteiger charge is -2.07. The molecule has 0 heterocycles. The van der Waals surface area contributed by atoms with Crippen LogP contribution in [0.5, 0.6) is 0 Å². The first-order chi connectivity index (χ1) is 8.46. The molecule has 1 aromatic carbocycles. The molecule has 1 rings (SSSR count). The van der Waals surface area contributed by atoms with Crippen molar-refractivity contribution >= 4 is 15.8 Å². The minimum Gasteiger partial charge on any atom is -0.478 e. The van der Waals surface area contributed by atoms with Crippen LogP contribution < -0.4 is 0 Å². The van der Waals surface area contributed by atoms with E-state index in [-0.39, 0.29) is 23.7 Å². The van der Waals surface area contributed by atoms with Crippen LogP contribution in [0.2, 0.25) is 0 Å². The Morgan fingerprint density at radius 2 is 2.00 bits per heavy atom. The summed E-state index contributed by atoms with van der Waals surface area (Å²) in [6.45, 7) is 2.38. The summed E-state index contributed by atoms with van der Waals surface area (Å²) in [5, 5.41) is 8.96. The van der Waals surface area contributed by atoms with Gasteiger partial charge in [-0.2, -0.15) is 0 Å². The van der Waals surface area contributed by atoms with Crippen molar-refractivity contribution in [2.24, 2.45) is 0 Å². The SMILES string of the molecule is CCOCCS(=O)(=O)Cc1ccccc1C(=O)O. The van der Waals surface area contributed by atoms with Crippen LogP contribution in [0.1, 0.15) is 22.8 Å². The Morgan fingerprint density at radius 3 is 2.61 bits per heavy atom. The highest BCUT2D eigenvalue weighted by Crippen LogP contribution is 2.13. The molecule has 0 atom stereocenters. The smallest absolute Gasteiger partial charge is 0.335 e. The molecule has 100 valence electrons. The molecule has 0 amide bonds. The molecule has 1 aromatic rings. The predicted octanol–water partition coefficient (Wildman–Crippen LogP) is 1.34. The maximum absolute atomic E-state index is 11.8. The van der Waals surface area contributed by atoms with Crippen LogP contribution in [0, 0.1) is 0 Å². The summed E-state index contributed by atoms with van der Waals surface area (Å²) in [4.78, 5) is 10.9. The Kier molecular flexibility index (Phi) is 5.30. The number of hydrogen-bond acceptors (Lipinski definition) is 4. The number of carboxylic acids is 1. The summed E-state index contributed by atoms with van der Waals surface area (Å²) in [5.41, 5.74) is 0.332. The summed E-state index contributed by atoms with van der Waals surface area (Å²) >= 11 is 0. The van der Waals surface area contributed by atoms with Gasteiger partial charge in [0.15, 0.2) is 9.84 Å². The summed E-state index contributed by atoms with van der Waals surface area (Å²) in [7, 11) is -3.35. The van der Waals surface area contributed by atoms with E-state index in [1.54, 1.807) is 19.1 Å². The van der Waals surface area contributed by atoms with Gasteiger partial charge in [-0.25, -0.2) is 13.2 Å². The van der Waals surface area contributed by atoms with E-state index in [0.717, 1.165) is 0 Å². The van der Waals surface area contributed by atoms with Crippen LogP contribution in [0.3, 0.4) is 0 Å². The Balaban J connectivity index is 2.81. The second-order valence-electron chi connectivity index (χ2n) is 3.75. The number of hydrogen-bond donors (Lipinski definition) is 1. The lowest BCUT2D eigenvalue weighted by Crippen LogP contribution is -2.16. The average Bonchev–Trinajstić information content (AvgIpc) is 2.29. The van der Waals surface area contributed by atoms with Gasteiger partial charge >= 0.3 is 5.97 Å². The number of benzene rings is 1. The monoisotopic (exact) mass is 272 g/mol. The fourth-order valence-electron chi connectivity index (χ4n) is 1.49. The molecule has 5 nitrogen and oxygen atoms in total. The molecule has 6 heteroatoms. The highest BCUT2D eigenvalue weighted by Gasteiger charge is 2.17. The third-order valence-electron chi connectivity index (χ3n) is 2.37. The van der Waals surface area contributed by atoms with Crippen LogP contribution >= 0.6 is 0 Å². The molecule has 0 aromatic heterocycles. The molecule has 18 heavy (non-hydrogen) atoms. The molecule has 0 saturated heterocycles. The third kappa shape index (κ3) is 4.46. The largest absolute Gasteiger partial charge is 0.478 e. The van der Waals surface area contributed by atoms with Crippen molar-refractivity contribution in [1.29, 1.82) is 0 Å². The second kappa shape index (κ2) is 6.51. The van der Waals surface area contributed by atoms with E-state index in [9.17, 15) is 13.2 Å². The molecule has 0 aliphatic heterocycles. The quantitative estimate of drug-likeness (QED) is 0.757. The van der Waals surface area contributed by atoms with Crippen LogP contribution in [-0.4, -0.2) is 38.5 Å². The zero-order chi connectivity index (χ0) is 13.6. The minimum absolute atomic E-state index is 0.0254. The molecule has 0 bridgehead atoms. The van der Waals surface area contributed by atoms with Crippen molar-refractivity contribution < 1.29 is 23.1 Å². The zero-order valence-electron chi connectivity index (χ0n) is 10.1. The van der Waals surface area contributed by atoms with Gasteiger partial charge in [0.1, 0.15) is 0 Å². The van der Waals surface area contributed by atoms with Gasteiger partial charge in [-0.1, -0.05) is 18.2 Å². The van der Waals surface area contributed by atoms with Gasteiger partial charge in [0.25, 0.3) is 0 Å². The van der Waals surface area contributed by atoms with Gasteiger partial charge in [0.2, 0.25) is 0 Å². The van der Waals surface area contributed by atoms with E-state index in [1.165, 1.54) is 12.1 Å². The summed E-state index contributed by atoms with van der Waals surface area (Å²) < 4.78 is 28.5. The number of ether oxygens (including phenoxy) is 1. The highest BCUT2D eigenvalue weighted by molar-refractivity contribution is 7.90. The molecular weight excluding hydrogens is 256 g/mol. The summed E-state index contributed by atoms with van der Waals surface area (Å²) in [6.07, 6.45) is 0. The van der Waals surface area contributed by atoms with E-state index in [2.05, 4.69) is 0 Å². The predicted molar refractivity (Wildman–Crippen MR) is 67.4 cm³/mol. The lowest BCUT2D eigenvalue weighted by molar-refractivity contribution is 0.0696. The standard InChI is InChI=1S/C12H16O5S/c1-2-17-7-8-18(15,16)9-10-5-3-4-6-11(10)12(13)14/h3-6H,2,7-9H2,1H3,(H,13,14). The molecule has 0 aliphatic carbocycles. The van der Waals surface area contributed by atoms with Crippen molar-refractivity contribution in [3.05, 3.63) is 35.4 Å². The van der Waals surface area contributed by atoms with Gasteiger partial charge in [-0.15, -0.1) is 0 Å². The van der Waals surface area contributed by atoms with Crippen molar-refractivity contribution in [3.8, 4) is 0 Å². The fourth-order valence-corrected chi connectivity index (χ4v) is 2.74. The molecular formula is C12H16O5S.